The number of aromatic nitrogens is 3. The van der Waals surface area contributed by atoms with Crippen molar-refractivity contribution in [2.24, 2.45) is 0 Å². The lowest BCUT2D eigenvalue weighted by atomic mass is 9.98. The monoisotopic (exact) mass is 531 g/mol. The van der Waals surface area contributed by atoms with Crippen LogP contribution in [0, 0.1) is 0 Å². The number of fused-ring (bicyclic) bond motifs is 2. The van der Waals surface area contributed by atoms with Gasteiger partial charge < -0.3 is 19.1 Å². The standard InChI is InChI=1S/C30H37N5O4/c1-29(2,3)39-28(36)35-15-14-33(20-30(35,4)5)24-9-7-8-21-10-11-23(32-27(21)24)25-19-31-26-18-22(12-13-34(25)26)38-17-16-37-6/h7-13,18-19H,14-17,20H2,1-6H3. The van der Waals surface area contributed by atoms with E-state index in [1.54, 1.807) is 7.11 Å². The molecule has 0 saturated carbocycles. The fourth-order valence-corrected chi connectivity index (χ4v) is 5.03. The van der Waals surface area contributed by atoms with Gasteiger partial charge in [0.05, 0.1) is 40.9 Å². The van der Waals surface area contributed by atoms with Crippen LogP contribution >= 0.6 is 0 Å². The molecular weight excluding hydrogens is 494 g/mol. The molecular formula is C30H37N5O4. The van der Waals surface area contributed by atoms with Crippen LogP contribution in [0.1, 0.15) is 34.6 Å². The number of piperazine rings is 1. The summed E-state index contributed by atoms with van der Waals surface area (Å²) in [4.78, 5) is 26.8. The maximum atomic E-state index is 12.9. The van der Waals surface area contributed by atoms with Crippen LogP contribution in [0.5, 0.6) is 5.75 Å². The van der Waals surface area contributed by atoms with Crippen LogP contribution in [0.25, 0.3) is 27.9 Å². The molecule has 1 aliphatic rings. The van der Waals surface area contributed by atoms with Crippen LogP contribution in [0.4, 0.5) is 10.5 Å². The molecule has 206 valence electrons. The maximum Gasteiger partial charge on any atom is 0.410 e. The summed E-state index contributed by atoms with van der Waals surface area (Å²) in [5.74, 6) is 0.749. The minimum absolute atomic E-state index is 0.273. The molecule has 9 heteroatoms. The van der Waals surface area contributed by atoms with Crippen LogP contribution in [0.15, 0.2) is 54.9 Å². The quantitative estimate of drug-likeness (QED) is 0.308. The molecule has 9 nitrogen and oxygen atoms in total. The lowest BCUT2D eigenvalue weighted by molar-refractivity contribution is 0.000397. The number of hydrogen-bond donors (Lipinski definition) is 0. The normalized spacial score (nSPS) is 15.6. The molecule has 0 spiro atoms. The molecule has 1 saturated heterocycles. The van der Waals surface area contributed by atoms with Crippen LogP contribution in [0.2, 0.25) is 0 Å². The van der Waals surface area contributed by atoms with Crippen molar-refractivity contribution < 1.29 is 19.0 Å². The lowest BCUT2D eigenvalue weighted by Gasteiger charge is -2.47. The van der Waals surface area contributed by atoms with E-state index in [0.29, 0.717) is 32.8 Å². The van der Waals surface area contributed by atoms with E-state index in [2.05, 4.69) is 48.0 Å². The number of anilines is 1. The lowest BCUT2D eigenvalue weighted by Crippen LogP contribution is -2.61. The number of para-hydroxylation sites is 1. The first-order chi connectivity index (χ1) is 18.6. The average Bonchev–Trinajstić information content (AvgIpc) is 3.30. The zero-order chi connectivity index (χ0) is 27.8. The van der Waals surface area contributed by atoms with Crippen molar-refractivity contribution in [2.45, 2.75) is 45.8 Å². The van der Waals surface area contributed by atoms with E-state index in [1.807, 2.05) is 60.7 Å². The second-order valence-electron chi connectivity index (χ2n) is 11.5. The van der Waals surface area contributed by atoms with Crippen molar-refractivity contribution in [2.75, 3.05) is 44.9 Å². The smallest absolute Gasteiger partial charge is 0.410 e. The number of imidazole rings is 1. The summed E-state index contributed by atoms with van der Waals surface area (Å²) in [5.41, 5.74) is 3.55. The SMILES string of the molecule is COCCOc1ccn2c(-c3ccc4cccc(N5CCN(C(=O)OC(C)(C)C)C(C)(C)C5)c4n3)cnc2c1. The van der Waals surface area contributed by atoms with E-state index in [9.17, 15) is 4.79 Å². The van der Waals surface area contributed by atoms with Crippen molar-refractivity contribution in [3.63, 3.8) is 0 Å². The number of hydrogen-bond acceptors (Lipinski definition) is 7. The predicted octanol–water partition coefficient (Wildman–Crippen LogP) is 5.41. The summed E-state index contributed by atoms with van der Waals surface area (Å²) in [7, 11) is 1.65. The third kappa shape index (κ3) is 5.63. The Balaban J connectivity index is 1.43. The largest absolute Gasteiger partial charge is 0.491 e. The molecule has 0 atom stereocenters. The molecule has 0 bridgehead atoms. The Bertz CT molecular complexity index is 1490. The van der Waals surface area contributed by atoms with Gasteiger partial charge in [0.15, 0.2) is 0 Å². The minimum atomic E-state index is -0.531. The number of carbonyl (C=O) groups is 1. The van der Waals surface area contributed by atoms with Gasteiger partial charge >= 0.3 is 6.09 Å². The van der Waals surface area contributed by atoms with Crippen molar-refractivity contribution in [1.82, 2.24) is 19.3 Å². The highest BCUT2D eigenvalue weighted by atomic mass is 16.6. The van der Waals surface area contributed by atoms with E-state index in [1.165, 1.54) is 0 Å². The molecule has 4 aromatic rings. The van der Waals surface area contributed by atoms with Gasteiger partial charge in [-0.25, -0.2) is 14.8 Å². The molecule has 0 N–H and O–H groups in total. The molecule has 0 unspecified atom stereocenters. The Morgan fingerprint density at radius 3 is 2.64 bits per heavy atom. The van der Waals surface area contributed by atoms with E-state index in [-0.39, 0.29) is 6.09 Å². The van der Waals surface area contributed by atoms with Crippen LogP contribution < -0.4 is 9.64 Å². The molecule has 0 aliphatic carbocycles. The molecule has 3 aromatic heterocycles. The summed E-state index contributed by atoms with van der Waals surface area (Å²) in [6.07, 6.45) is 3.52. The molecule has 1 aromatic carbocycles. The predicted molar refractivity (Wildman–Crippen MR) is 153 cm³/mol. The second kappa shape index (κ2) is 10.4. The second-order valence-corrected chi connectivity index (χ2v) is 11.5. The van der Waals surface area contributed by atoms with Gasteiger partial charge in [-0.2, -0.15) is 0 Å². The third-order valence-corrected chi connectivity index (χ3v) is 6.86. The van der Waals surface area contributed by atoms with Gasteiger partial charge in [0.25, 0.3) is 0 Å². The molecule has 4 heterocycles. The van der Waals surface area contributed by atoms with Gasteiger partial charge in [0, 0.05) is 44.4 Å². The zero-order valence-corrected chi connectivity index (χ0v) is 23.6. The first kappa shape index (κ1) is 26.7. The Morgan fingerprint density at radius 1 is 1.08 bits per heavy atom. The Kier molecular flexibility index (Phi) is 7.11. The molecule has 39 heavy (non-hydrogen) atoms. The van der Waals surface area contributed by atoms with Gasteiger partial charge in [-0.3, -0.25) is 9.30 Å². The van der Waals surface area contributed by atoms with Crippen LogP contribution in [-0.2, 0) is 9.47 Å². The summed E-state index contributed by atoms with van der Waals surface area (Å²) in [6, 6.07) is 14.2. The van der Waals surface area contributed by atoms with Crippen LogP contribution in [0.3, 0.4) is 0 Å². The minimum Gasteiger partial charge on any atom is -0.491 e. The highest BCUT2D eigenvalue weighted by molar-refractivity contribution is 5.92. The Hall–Kier alpha value is -3.85. The molecule has 0 radical (unpaired) electrons. The van der Waals surface area contributed by atoms with E-state index >= 15 is 0 Å². The number of pyridine rings is 2. The fourth-order valence-electron chi connectivity index (χ4n) is 5.03. The summed E-state index contributed by atoms with van der Waals surface area (Å²) in [5, 5.41) is 1.06. The number of ether oxygens (including phenoxy) is 3. The topological polar surface area (TPSA) is 81.4 Å². The van der Waals surface area contributed by atoms with Gasteiger partial charge in [-0.15, -0.1) is 0 Å². The van der Waals surface area contributed by atoms with E-state index in [0.717, 1.165) is 39.4 Å². The first-order valence-electron chi connectivity index (χ1n) is 13.3. The molecule has 1 fully saturated rings. The Labute approximate surface area is 229 Å². The zero-order valence-electron chi connectivity index (χ0n) is 23.6. The number of amides is 1. The fraction of sp³-hybridized carbons (Fsp3) is 0.433. The molecule has 1 amide bonds. The number of nitrogens with zero attached hydrogens (tertiary/aromatic N) is 5. The van der Waals surface area contributed by atoms with Gasteiger partial charge in [0.1, 0.15) is 23.6 Å². The van der Waals surface area contributed by atoms with Crippen LogP contribution in [-0.4, -0.2) is 76.5 Å². The van der Waals surface area contributed by atoms with Crippen molar-refractivity contribution in [3.8, 4) is 17.1 Å². The molecule has 5 rings (SSSR count). The maximum absolute atomic E-state index is 12.9. The molecule has 1 aliphatic heterocycles. The van der Waals surface area contributed by atoms with Gasteiger partial charge in [-0.05, 0) is 52.8 Å². The van der Waals surface area contributed by atoms with Crippen molar-refractivity contribution in [1.29, 1.82) is 0 Å². The number of benzene rings is 1. The van der Waals surface area contributed by atoms with Gasteiger partial charge in [-0.1, -0.05) is 18.2 Å². The number of rotatable bonds is 6. The number of carbonyl (C=O) groups excluding carboxylic acids is 1. The summed E-state index contributed by atoms with van der Waals surface area (Å²) < 4.78 is 18.5. The highest BCUT2D eigenvalue weighted by Crippen LogP contribution is 2.33. The van der Waals surface area contributed by atoms with E-state index in [4.69, 9.17) is 19.2 Å². The van der Waals surface area contributed by atoms with Gasteiger partial charge in [0.2, 0.25) is 0 Å². The summed E-state index contributed by atoms with van der Waals surface area (Å²) in [6.45, 7) is 12.8. The third-order valence-electron chi connectivity index (χ3n) is 6.86. The number of methoxy groups -OCH3 is 1. The Morgan fingerprint density at radius 2 is 1.90 bits per heavy atom. The highest BCUT2D eigenvalue weighted by Gasteiger charge is 2.39. The van der Waals surface area contributed by atoms with Crippen molar-refractivity contribution in [3.05, 3.63) is 54.9 Å². The summed E-state index contributed by atoms with van der Waals surface area (Å²) >= 11 is 0. The average molecular weight is 532 g/mol. The van der Waals surface area contributed by atoms with E-state index < -0.39 is 11.1 Å². The van der Waals surface area contributed by atoms with Crippen molar-refractivity contribution >= 4 is 28.3 Å². The first-order valence-corrected chi connectivity index (χ1v) is 13.3.